The van der Waals surface area contributed by atoms with Crippen molar-refractivity contribution < 1.29 is 14.6 Å². The highest BCUT2D eigenvalue weighted by molar-refractivity contribution is 5.68. The van der Waals surface area contributed by atoms with Crippen molar-refractivity contribution in [2.24, 2.45) is 5.92 Å². The molecule has 0 radical (unpaired) electrons. The van der Waals surface area contributed by atoms with Crippen LogP contribution in [0.15, 0.2) is 24.3 Å². The molecule has 1 amide bonds. The van der Waals surface area contributed by atoms with Crippen LogP contribution in [0.4, 0.5) is 4.79 Å². The van der Waals surface area contributed by atoms with Crippen molar-refractivity contribution in [1.29, 1.82) is 0 Å². The molecule has 1 unspecified atom stereocenters. The van der Waals surface area contributed by atoms with Crippen LogP contribution in [0.25, 0.3) is 0 Å². The first-order valence-corrected chi connectivity index (χ1v) is 7.60. The number of rotatable bonds is 2. The smallest absolute Gasteiger partial charge is 0.410 e. The molecule has 1 N–H and O–H groups in total. The largest absolute Gasteiger partial charge is 0.508 e. The molecular weight excluding hydrogens is 266 g/mol. The van der Waals surface area contributed by atoms with E-state index in [1.54, 1.807) is 11.0 Å². The van der Waals surface area contributed by atoms with Gasteiger partial charge in [-0.3, -0.25) is 0 Å². The van der Waals surface area contributed by atoms with Crippen molar-refractivity contribution in [3.05, 3.63) is 29.8 Å². The van der Waals surface area contributed by atoms with Crippen LogP contribution in [0.1, 0.15) is 39.2 Å². The van der Waals surface area contributed by atoms with Gasteiger partial charge < -0.3 is 14.7 Å². The SMILES string of the molecule is CC(C)(C)OC(=O)N1CCCC(Cc2ccccc2O)C1. The lowest BCUT2D eigenvalue weighted by Crippen LogP contribution is -2.43. The summed E-state index contributed by atoms with van der Waals surface area (Å²) in [6.45, 7) is 7.10. The number of ether oxygens (including phenoxy) is 1. The summed E-state index contributed by atoms with van der Waals surface area (Å²) in [4.78, 5) is 13.9. The molecule has 0 saturated carbocycles. The number of benzene rings is 1. The first-order valence-electron chi connectivity index (χ1n) is 7.60. The predicted molar refractivity (Wildman–Crippen MR) is 82.3 cm³/mol. The number of likely N-dealkylation sites (tertiary alicyclic amines) is 1. The fourth-order valence-electron chi connectivity index (χ4n) is 2.72. The maximum atomic E-state index is 12.1. The third-order valence-electron chi connectivity index (χ3n) is 3.67. The van der Waals surface area contributed by atoms with E-state index in [0.717, 1.165) is 31.4 Å². The van der Waals surface area contributed by atoms with E-state index in [1.165, 1.54) is 0 Å². The normalized spacial score (nSPS) is 19.4. The Labute approximate surface area is 126 Å². The molecular formula is C17H25NO3. The van der Waals surface area contributed by atoms with Crippen LogP contribution < -0.4 is 0 Å². The van der Waals surface area contributed by atoms with Gasteiger partial charge in [-0.15, -0.1) is 0 Å². The highest BCUT2D eigenvalue weighted by atomic mass is 16.6. The standard InChI is InChI=1S/C17H25NO3/c1-17(2,3)21-16(20)18-10-6-7-13(12-18)11-14-8-4-5-9-15(14)19/h4-5,8-9,13,19H,6-7,10-12H2,1-3H3. The van der Waals surface area contributed by atoms with Crippen LogP contribution in [0.2, 0.25) is 0 Å². The Bertz CT molecular complexity index is 493. The number of carbonyl (C=O) groups is 1. The lowest BCUT2D eigenvalue weighted by atomic mass is 9.91. The monoisotopic (exact) mass is 291 g/mol. The average molecular weight is 291 g/mol. The summed E-state index contributed by atoms with van der Waals surface area (Å²) in [6.07, 6.45) is 2.63. The minimum atomic E-state index is -0.457. The lowest BCUT2D eigenvalue weighted by molar-refractivity contribution is 0.0166. The molecule has 0 aliphatic carbocycles. The zero-order valence-electron chi connectivity index (χ0n) is 13.1. The van der Waals surface area contributed by atoms with Gasteiger partial charge in [-0.05, 0) is 57.6 Å². The van der Waals surface area contributed by atoms with Gasteiger partial charge in [-0.25, -0.2) is 4.79 Å². The summed E-state index contributed by atoms with van der Waals surface area (Å²) in [7, 11) is 0. The van der Waals surface area contributed by atoms with Gasteiger partial charge in [0.1, 0.15) is 11.4 Å². The predicted octanol–water partition coefficient (Wildman–Crippen LogP) is 3.58. The van der Waals surface area contributed by atoms with E-state index < -0.39 is 5.60 Å². The second-order valence-corrected chi connectivity index (χ2v) is 6.77. The Kier molecular flexibility index (Phi) is 4.76. The molecule has 21 heavy (non-hydrogen) atoms. The molecule has 1 saturated heterocycles. The fraction of sp³-hybridized carbons (Fsp3) is 0.588. The maximum Gasteiger partial charge on any atom is 0.410 e. The van der Waals surface area contributed by atoms with Crippen LogP contribution in [0, 0.1) is 5.92 Å². The molecule has 4 nitrogen and oxygen atoms in total. The highest BCUT2D eigenvalue weighted by Gasteiger charge is 2.27. The van der Waals surface area contributed by atoms with E-state index in [9.17, 15) is 9.90 Å². The van der Waals surface area contributed by atoms with Gasteiger partial charge in [0.2, 0.25) is 0 Å². The number of piperidine rings is 1. The van der Waals surface area contributed by atoms with Crippen LogP contribution in [0.3, 0.4) is 0 Å². The number of nitrogens with zero attached hydrogens (tertiary/aromatic N) is 1. The zero-order valence-corrected chi connectivity index (χ0v) is 13.1. The Hall–Kier alpha value is -1.71. The molecule has 1 heterocycles. The minimum absolute atomic E-state index is 0.232. The number of phenols is 1. The summed E-state index contributed by atoms with van der Waals surface area (Å²) >= 11 is 0. The van der Waals surface area contributed by atoms with Crippen LogP contribution in [0.5, 0.6) is 5.75 Å². The number of hydrogen-bond donors (Lipinski definition) is 1. The molecule has 2 rings (SSSR count). The number of amides is 1. The summed E-state index contributed by atoms with van der Waals surface area (Å²) in [5, 5.41) is 9.86. The molecule has 0 bridgehead atoms. The molecule has 0 aromatic heterocycles. The van der Waals surface area contributed by atoms with Crippen molar-refractivity contribution in [3.8, 4) is 5.75 Å². The zero-order chi connectivity index (χ0) is 15.5. The molecule has 1 fully saturated rings. The second kappa shape index (κ2) is 6.37. The average Bonchev–Trinajstić information content (AvgIpc) is 2.40. The Morgan fingerprint density at radius 1 is 1.38 bits per heavy atom. The molecule has 1 aromatic carbocycles. The first kappa shape index (κ1) is 15.7. The van der Waals surface area contributed by atoms with Gasteiger partial charge in [0.05, 0.1) is 0 Å². The number of para-hydroxylation sites is 1. The Morgan fingerprint density at radius 2 is 2.10 bits per heavy atom. The number of aromatic hydroxyl groups is 1. The van der Waals surface area contributed by atoms with Gasteiger partial charge in [0.15, 0.2) is 0 Å². The molecule has 116 valence electrons. The third kappa shape index (κ3) is 4.66. The van der Waals surface area contributed by atoms with Crippen LogP contribution in [-0.4, -0.2) is 34.8 Å². The van der Waals surface area contributed by atoms with Crippen LogP contribution >= 0.6 is 0 Å². The van der Waals surface area contributed by atoms with Crippen molar-refractivity contribution in [1.82, 2.24) is 4.90 Å². The topological polar surface area (TPSA) is 49.8 Å². The Morgan fingerprint density at radius 3 is 2.76 bits per heavy atom. The van der Waals surface area contributed by atoms with Gasteiger partial charge in [-0.2, -0.15) is 0 Å². The first-order chi connectivity index (χ1) is 9.85. The van der Waals surface area contributed by atoms with Crippen molar-refractivity contribution in [2.45, 2.75) is 45.6 Å². The lowest BCUT2D eigenvalue weighted by Gasteiger charge is -2.34. The second-order valence-electron chi connectivity index (χ2n) is 6.77. The Balaban J connectivity index is 1.95. The molecule has 4 heteroatoms. The molecule has 1 aliphatic rings. The summed E-state index contributed by atoms with van der Waals surface area (Å²) in [5.74, 6) is 0.714. The van der Waals surface area contributed by atoms with Crippen LogP contribution in [-0.2, 0) is 11.2 Å². The van der Waals surface area contributed by atoms with Crippen molar-refractivity contribution in [3.63, 3.8) is 0 Å². The van der Waals surface area contributed by atoms with E-state index in [0.29, 0.717) is 18.2 Å². The van der Waals surface area contributed by atoms with Crippen molar-refractivity contribution >= 4 is 6.09 Å². The van der Waals surface area contributed by atoms with E-state index >= 15 is 0 Å². The molecule has 0 spiro atoms. The van der Waals surface area contributed by atoms with E-state index in [1.807, 2.05) is 39.0 Å². The van der Waals surface area contributed by atoms with Gasteiger partial charge in [0, 0.05) is 13.1 Å². The molecule has 1 aromatic rings. The molecule has 1 atom stereocenters. The number of hydrogen-bond acceptors (Lipinski definition) is 3. The minimum Gasteiger partial charge on any atom is -0.508 e. The van der Waals surface area contributed by atoms with Gasteiger partial charge in [0.25, 0.3) is 0 Å². The van der Waals surface area contributed by atoms with E-state index in [-0.39, 0.29) is 6.09 Å². The van der Waals surface area contributed by atoms with Gasteiger partial charge in [-0.1, -0.05) is 18.2 Å². The number of carbonyl (C=O) groups excluding carboxylic acids is 1. The maximum absolute atomic E-state index is 12.1. The van der Waals surface area contributed by atoms with E-state index in [2.05, 4.69) is 0 Å². The van der Waals surface area contributed by atoms with Gasteiger partial charge >= 0.3 is 6.09 Å². The summed E-state index contributed by atoms with van der Waals surface area (Å²) < 4.78 is 5.44. The fourth-order valence-corrected chi connectivity index (χ4v) is 2.72. The number of phenolic OH excluding ortho intramolecular Hbond substituents is 1. The summed E-state index contributed by atoms with van der Waals surface area (Å²) in [6, 6.07) is 7.42. The summed E-state index contributed by atoms with van der Waals surface area (Å²) in [5.41, 5.74) is 0.496. The van der Waals surface area contributed by atoms with E-state index in [4.69, 9.17) is 4.74 Å². The van der Waals surface area contributed by atoms with Crippen molar-refractivity contribution in [2.75, 3.05) is 13.1 Å². The quantitative estimate of drug-likeness (QED) is 0.906. The molecule has 1 aliphatic heterocycles. The highest BCUT2D eigenvalue weighted by Crippen LogP contribution is 2.26. The third-order valence-corrected chi connectivity index (χ3v) is 3.67.